The van der Waals surface area contributed by atoms with Crippen molar-refractivity contribution < 1.29 is 0 Å². The van der Waals surface area contributed by atoms with E-state index < -0.39 is 0 Å². The summed E-state index contributed by atoms with van der Waals surface area (Å²) in [5.74, 6) is 0.850. The Hall–Kier alpha value is -3.53. The maximum absolute atomic E-state index is 4.79. The van der Waals surface area contributed by atoms with Crippen molar-refractivity contribution in [2.75, 3.05) is 0 Å². The maximum atomic E-state index is 4.79. The monoisotopic (exact) mass is 336 g/mol. The molecule has 0 aliphatic heterocycles. The second-order valence-corrected chi connectivity index (χ2v) is 6.34. The van der Waals surface area contributed by atoms with Crippen LogP contribution in [0.3, 0.4) is 0 Å². The van der Waals surface area contributed by atoms with E-state index in [1.54, 1.807) is 12.4 Å². The van der Waals surface area contributed by atoms with Crippen LogP contribution in [0.5, 0.6) is 0 Å². The topological polar surface area (TPSA) is 43.6 Å². The zero-order chi connectivity index (χ0) is 17.5. The van der Waals surface area contributed by atoms with E-state index in [4.69, 9.17) is 4.98 Å². The highest BCUT2D eigenvalue weighted by atomic mass is 15.2. The van der Waals surface area contributed by atoms with Crippen molar-refractivity contribution in [1.82, 2.24) is 19.5 Å². The lowest BCUT2D eigenvalue weighted by molar-refractivity contribution is 1.09. The molecule has 0 saturated heterocycles. The number of benzene rings is 3. The lowest BCUT2D eigenvalue weighted by Crippen LogP contribution is -1.99. The van der Waals surface area contributed by atoms with Crippen LogP contribution in [0.2, 0.25) is 0 Å². The molecule has 4 nitrogen and oxygen atoms in total. The normalized spacial score (nSPS) is 11.3. The number of nitrogens with zero attached hydrogens (tertiary/aromatic N) is 4. The number of aromatic nitrogens is 4. The van der Waals surface area contributed by atoms with Crippen LogP contribution in [-0.4, -0.2) is 19.5 Å². The summed E-state index contributed by atoms with van der Waals surface area (Å²) in [7, 11) is 0. The highest BCUT2D eigenvalue weighted by molar-refractivity contribution is 5.93. The molecule has 124 valence electrons. The molecular weight excluding hydrogens is 320 g/mol. The number of aryl methyl sites for hydroxylation is 1. The Morgan fingerprint density at radius 1 is 0.769 bits per heavy atom. The van der Waals surface area contributed by atoms with Crippen LogP contribution < -0.4 is 0 Å². The molecule has 0 aliphatic rings. The van der Waals surface area contributed by atoms with E-state index in [1.165, 1.54) is 10.9 Å². The third-order valence-corrected chi connectivity index (χ3v) is 4.61. The van der Waals surface area contributed by atoms with Gasteiger partial charge in [0.2, 0.25) is 0 Å². The van der Waals surface area contributed by atoms with E-state index in [0.29, 0.717) is 5.65 Å². The van der Waals surface area contributed by atoms with Gasteiger partial charge < -0.3 is 0 Å². The summed E-state index contributed by atoms with van der Waals surface area (Å²) in [5.41, 5.74) is 4.73. The van der Waals surface area contributed by atoms with Crippen LogP contribution in [0.1, 0.15) is 5.56 Å². The van der Waals surface area contributed by atoms with Crippen LogP contribution in [0.25, 0.3) is 39.1 Å². The smallest absolute Gasteiger partial charge is 0.198 e. The number of fused-ring (bicyclic) bond motifs is 2. The Bertz CT molecular complexity index is 1230. The third-order valence-electron chi connectivity index (χ3n) is 4.61. The van der Waals surface area contributed by atoms with Crippen molar-refractivity contribution in [3.8, 4) is 17.1 Å². The molecule has 2 aromatic heterocycles. The van der Waals surface area contributed by atoms with Gasteiger partial charge in [0.25, 0.3) is 0 Å². The van der Waals surface area contributed by atoms with Crippen molar-refractivity contribution >= 4 is 22.1 Å². The second kappa shape index (κ2) is 5.77. The molecule has 2 heterocycles. The van der Waals surface area contributed by atoms with E-state index in [-0.39, 0.29) is 0 Å². The number of hydrogen-bond donors (Lipinski definition) is 0. The van der Waals surface area contributed by atoms with E-state index in [1.807, 2.05) is 0 Å². The minimum absolute atomic E-state index is 0.649. The summed E-state index contributed by atoms with van der Waals surface area (Å²) < 4.78 is 2.11. The Morgan fingerprint density at radius 3 is 2.42 bits per heavy atom. The average molecular weight is 336 g/mol. The van der Waals surface area contributed by atoms with Gasteiger partial charge >= 0.3 is 0 Å². The van der Waals surface area contributed by atoms with E-state index in [9.17, 15) is 0 Å². The molecule has 0 spiro atoms. The minimum Gasteiger partial charge on any atom is -0.275 e. The number of imidazole rings is 1. The van der Waals surface area contributed by atoms with Crippen molar-refractivity contribution in [1.29, 1.82) is 0 Å². The third kappa shape index (κ3) is 2.27. The Morgan fingerprint density at radius 2 is 1.54 bits per heavy atom. The van der Waals surface area contributed by atoms with Crippen molar-refractivity contribution in [2.45, 2.75) is 6.92 Å². The predicted octanol–water partition coefficient (Wildman–Crippen LogP) is 4.94. The first-order chi connectivity index (χ1) is 12.8. The molecular formula is C22H16N4. The molecule has 0 atom stereocenters. The molecule has 0 amide bonds. The summed E-state index contributed by atoms with van der Waals surface area (Å²) in [6, 6.07) is 23.0. The van der Waals surface area contributed by atoms with Gasteiger partial charge in [0.1, 0.15) is 5.82 Å². The Labute approximate surface area is 150 Å². The maximum Gasteiger partial charge on any atom is 0.198 e. The molecule has 4 heteroatoms. The summed E-state index contributed by atoms with van der Waals surface area (Å²) in [5, 5.41) is 2.35. The van der Waals surface area contributed by atoms with Gasteiger partial charge in [0.15, 0.2) is 11.3 Å². The van der Waals surface area contributed by atoms with Crippen molar-refractivity contribution in [2.24, 2.45) is 0 Å². The minimum atomic E-state index is 0.649. The fourth-order valence-corrected chi connectivity index (χ4v) is 3.34. The van der Waals surface area contributed by atoms with Gasteiger partial charge in [-0.25, -0.2) is 15.0 Å². The van der Waals surface area contributed by atoms with E-state index in [2.05, 4.69) is 88.2 Å². The molecule has 0 radical (unpaired) electrons. The quantitative estimate of drug-likeness (QED) is 0.458. The molecule has 5 aromatic rings. The fourth-order valence-electron chi connectivity index (χ4n) is 3.34. The van der Waals surface area contributed by atoms with E-state index >= 15 is 0 Å². The van der Waals surface area contributed by atoms with Crippen LogP contribution in [0.4, 0.5) is 0 Å². The molecule has 0 aliphatic carbocycles. The highest BCUT2D eigenvalue weighted by Gasteiger charge is 2.17. The average Bonchev–Trinajstić information content (AvgIpc) is 3.07. The van der Waals surface area contributed by atoms with Gasteiger partial charge in [-0.3, -0.25) is 4.57 Å². The zero-order valence-electron chi connectivity index (χ0n) is 14.3. The largest absolute Gasteiger partial charge is 0.275 e. The SMILES string of the molecule is Cc1ccc(-c2nc3nccnc3n2-c2cccc3ccccc23)cc1. The Kier molecular flexibility index (Phi) is 3.28. The second-order valence-electron chi connectivity index (χ2n) is 6.34. The highest BCUT2D eigenvalue weighted by Crippen LogP contribution is 2.30. The molecule has 0 bridgehead atoms. The summed E-state index contributed by atoms with van der Waals surface area (Å²) >= 11 is 0. The van der Waals surface area contributed by atoms with Crippen molar-refractivity contribution in [3.05, 3.63) is 84.7 Å². The van der Waals surface area contributed by atoms with Crippen LogP contribution in [-0.2, 0) is 0 Å². The molecule has 5 rings (SSSR count). The van der Waals surface area contributed by atoms with Gasteiger partial charge in [-0.1, -0.05) is 66.2 Å². The zero-order valence-corrected chi connectivity index (χ0v) is 14.3. The molecule has 0 saturated carbocycles. The molecule has 0 fully saturated rings. The Balaban J connectivity index is 1.89. The van der Waals surface area contributed by atoms with Gasteiger partial charge in [-0.2, -0.15) is 0 Å². The van der Waals surface area contributed by atoms with Crippen LogP contribution >= 0.6 is 0 Å². The number of hydrogen-bond acceptors (Lipinski definition) is 3. The lowest BCUT2D eigenvalue weighted by Gasteiger charge is -2.12. The van der Waals surface area contributed by atoms with Crippen LogP contribution in [0, 0.1) is 6.92 Å². The summed E-state index contributed by atoms with van der Waals surface area (Å²) in [6.45, 7) is 2.08. The lowest BCUT2D eigenvalue weighted by atomic mass is 10.1. The molecule has 3 aromatic carbocycles. The van der Waals surface area contributed by atoms with E-state index in [0.717, 1.165) is 28.1 Å². The first kappa shape index (κ1) is 14.8. The standard InChI is InChI=1S/C22H16N4/c1-15-9-11-17(12-10-15)21-25-20-22(24-14-13-23-20)26(21)19-8-4-6-16-5-2-3-7-18(16)19/h2-14H,1H3. The van der Waals surface area contributed by atoms with Crippen molar-refractivity contribution in [3.63, 3.8) is 0 Å². The van der Waals surface area contributed by atoms with Gasteiger partial charge in [-0.05, 0) is 18.4 Å². The van der Waals surface area contributed by atoms with Gasteiger partial charge in [0.05, 0.1) is 5.69 Å². The molecule has 26 heavy (non-hydrogen) atoms. The van der Waals surface area contributed by atoms with Crippen LogP contribution in [0.15, 0.2) is 79.1 Å². The van der Waals surface area contributed by atoms with Gasteiger partial charge in [-0.15, -0.1) is 0 Å². The molecule has 0 unspecified atom stereocenters. The summed E-state index contributed by atoms with van der Waals surface area (Å²) in [4.78, 5) is 13.8. The first-order valence-corrected chi connectivity index (χ1v) is 8.56. The summed E-state index contributed by atoms with van der Waals surface area (Å²) in [6.07, 6.45) is 3.40. The first-order valence-electron chi connectivity index (χ1n) is 8.56. The van der Waals surface area contributed by atoms with Gasteiger partial charge in [0, 0.05) is 23.3 Å². The number of rotatable bonds is 2. The molecule has 0 N–H and O–H groups in total. The predicted molar refractivity (Wildman–Crippen MR) is 104 cm³/mol. The fraction of sp³-hybridized carbons (Fsp3) is 0.0455.